The van der Waals surface area contributed by atoms with Gasteiger partial charge in [-0.2, -0.15) is 0 Å². The molecule has 1 aliphatic rings. The smallest absolute Gasteiger partial charge is 0.226 e. The van der Waals surface area contributed by atoms with Crippen LogP contribution in [0.2, 0.25) is 0 Å². The van der Waals surface area contributed by atoms with Gasteiger partial charge in [0.05, 0.1) is 19.1 Å². The highest BCUT2D eigenvalue weighted by molar-refractivity contribution is 5.78. The van der Waals surface area contributed by atoms with Crippen LogP contribution in [0, 0.1) is 6.92 Å². The predicted molar refractivity (Wildman–Crippen MR) is 78.8 cm³/mol. The van der Waals surface area contributed by atoms with Crippen molar-refractivity contribution >= 4 is 5.91 Å². The normalized spacial score (nSPS) is 20.9. The number of aromatic nitrogens is 3. The molecule has 2 aromatic rings. The first-order valence-corrected chi connectivity index (χ1v) is 7.45. The molecule has 2 atom stereocenters. The van der Waals surface area contributed by atoms with Crippen molar-refractivity contribution in [3.63, 3.8) is 0 Å². The lowest BCUT2D eigenvalue weighted by molar-refractivity contribution is -0.123. The summed E-state index contributed by atoms with van der Waals surface area (Å²) in [6.07, 6.45) is 2.19. The molecule has 122 valence electrons. The summed E-state index contributed by atoms with van der Waals surface area (Å²) in [7, 11) is 0. The molecule has 0 aromatic carbocycles. The van der Waals surface area contributed by atoms with Crippen molar-refractivity contribution in [3.05, 3.63) is 35.8 Å². The van der Waals surface area contributed by atoms with E-state index in [4.69, 9.17) is 9.47 Å². The molecule has 8 nitrogen and oxygen atoms in total. The summed E-state index contributed by atoms with van der Waals surface area (Å²) in [5.41, 5.74) is 1.16. The highest BCUT2D eigenvalue weighted by atomic mass is 16.6. The first kappa shape index (κ1) is 15.4. The Labute approximate surface area is 133 Å². The quantitative estimate of drug-likeness (QED) is 0.864. The monoisotopic (exact) mass is 318 g/mol. The maximum absolute atomic E-state index is 12.2. The van der Waals surface area contributed by atoms with E-state index in [1.165, 1.54) is 0 Å². The minimum Gasteiger partial charge on any atom is -0.470 e. The summed E-state index contributed by atoms with van der Waals surface area (Å²) in [5.74, 6) is 0.365. The van der Waals surface area contributed by atoms with Crippen molar-refractivity contribution in [1.82, 2.24) is 20.6 Å². The number of ether oxygens (including phenoxy) is 2. The standard InChI is InChI=1S/C15H18N4O4/c1-10-12(19-23-18-10)8-14(20)17-11-5-7-21-9-13(11)22-15-4-2-3-6-16-15/h2-4,6,11,13H,5,7-9H2,1H3,(H,17,20)/t11-,13-/m1/s1. The Kier molecular flexibility index (Phi) is 4.82. The molecular formula is C15H18N4O4. The molecule has 0 saturated carbocycles. The molecule has 3 heterocycles. The zero-order valence-corrected chi connectivity index (χ0v) is 12.8. The van der Waals surface area contributed by atoms with Crippen LogP contribution in [0.3, 0.4) is 0 Å². The average molecular weight is 318 g/mol. The minimum atomic E-state index is -0.279. The number of hydrogen-bond acceptors (Lipinski definition) is 7. The first-order valence-electron chi connectivity index (χ1n) is 7.45. The molecule has 1 saturated heterocycles. The van der Waals surface area contributed by atoms with E-state index < -0.39 is 0 Å². The molecule has 0 spiro atoms. The van der Waals surface area contributed by atoms with Crippen LogP contribution >= 0.6 is 0 Å². The fourth-order valence-corrected chi connectivity index (χ4v) is 2.38. The zero-order chi connectivity index (χ0) is 16.1. The number of carbonyl (C=O) groups excluding carboxylic acids is 1. The van der Waals surface area contributed by atoms with Gasteiger partial charge in [0.25, 0.3) is 0 Å². The van der Waals surface area contributed by atoms with Gasteiger partial charge in [0.15, 0.2) is 0 Å². The lowest BCUT2D eigenvalue weighted by atomic mass is 10.1. The van der Waals surface area contributed by atoms with Gasteiger partial charge in [0, 0.05) is 18.9 Å². The van der Waals surface area contributed by atoms with Crippen LogP contribution in [0.5, 0.6) is 5.88 Å². The number of hydrogen-bond donors (Lipinski definition) is 1. The van der Waals surface area contributed by atoms with Gasteiger partial charge in [-0.25, -0.2) is 9.61 Å². The maximum Gasteiger partial charge on any atom is 0.226 e. The van der Waals surface area contributed by atoms with Gasteiger partial charge in [-0.3, -0.25) is 4.79 Å². The number of carbonyl (C=O) groups is 1. The van der Waals surface area contributed by atoms with Crippen molar-refractivity contribution in [2.75, 3.05) is 13.2 Å². The Morgan fingerprint density at radius 1 is 1.43 bits per heavy atom. The van der Waals surface area contributed by atoms with Crippen LogP contribution in [0.4, 0.5) is 0 Å². The SMILES string of the molecule is Cc1nonc1CC(=O)N[C@@H]1CCOC[C@H]1Oc1ccccn1. The topological polar surface area (TPSA) is 99.4 Å². The number of aryl methyl sites for hydroxylation is 1. The molecule has 1 aliphatic heterocycles. The van der Waals surface area contributed by atoms with Crippen LogP contribution < -0.4 is 10.1 Å². The summed E-state index contributed by atoms with van der Waals surface area (Å²) in [5, 5.41) is 10.4. The number of nitrogens with zero attached hydrogens (tertiary/aromatic N) is 3. The van der Waals surface area contributed by atoms with E-state index in [9.17, 15) is 4.79 Å². The van der Waals surface area contributed by atoms with Gasteiger partial charge in [0.1, 0.15) is 17.5 Å². The highest BCUT2D eigenvalue weighted by Gasteiger charge is 2.29. The van der Waals surface area contributed by atoms with E-state index in [0.717, 1.165) is 0 Å². The van der Waals surface area contributed by atoms with Crippen molar-refractivity contribution < 1.29 is 18.9 Å². The lowest BCUT2D eigenvalue weighted by Crippen LogP contribution is -2.51. The lowest BCUT2D eigenvalue weighted by Gasteiger charge is -2.32. The molecular weight excluding hydrogens is 300 g/mol. The first-order chi connectivity index (χ1) is 11.2. The second-order valence-corrected chi connectivity index (χ2v) is 5.33. The number of nitrogens with one attached hydrogen (secondary N) is 1. The van der Waals surface area contributed by atoms with Crippen molar-refractivity contribution in [2.24, 2.45) is 0 Å². The molecule has 0 aliphatic carbocycles. The largest absolute Gasteiger partial charge is 0.470 e. The summed E-state index contributed by atoms with van der Waals surface area (Å²) < 4.78 is 15.9. The fourth-order valence-electron chi connectivity index (χ4n) is 2.38. The van der Waals surface area contributed by atoms with Crippen LogP contribution in [0.15, 0.2) is 29.0 Å². The Morgan fingerprint density at radius 3 is 3.09 bits per heavy atom. The molecule has 1 fully saturated rings. The van der Waals surface area contributed by atoms with Gasteiger partial charge >= 0.3 is 0 Å². The summed E-state index contributed by atoms with van der Waals surface area (Å²) in [4.78, 5) is 16.3. The van der Waals surface area contributed by atoms with Gasteiger partial charge in [-0.15, -0.1) is 0 Å². The molecule has 2 aromatic heterocycles. The summed E-state index contributed by atoms with van der Waals surface area (Å²) in [6, 6.07) is 5.30. The Balaban J connectivity index is 1.60. The van der Waals surface area contributed by atoms with E-state index in [1.54, 1.807) is 19.2 Å². The predicted octanol–water partition coefficient (Wildman–Crippen LogP) is 0.668. The highest BCUT2D eigenvalue weighted by Crippen LogP contribution is 2.15. The number of rotatable bonds is 5. The van der Waals surface area contributed by atoms with Crippen LogP contribution in [-0.2, 0) is 16.0 Å². The van der Waals surface area contributed by atoms with Crippen molar-refractivity contribution in [1.29, 1.82) is 0 Å². The van der Waals surface area contributed by atoms with Crippen LogP contribution in [-0.4, -0.2) is 46.6 Å². The summed E-state index contributed by atoms with van der Waals surface area (Å²) in [6.45, 7) is 2.74. The number of pyridine rings is 1. The molecule has 8 heteroatoms. The minimum absolute atomic E-state index is 0.128. The van der Waals surface area contributed by atoms with Crippen molar-refractivity contribution in [3.8, 4) is 5.88 Å². The maximum atomic E-state index is 12.2. The van der Waals surface area contributed by atoms with E-state index in [0.29, 0.717) is 36.9 Å². The molecule has 1 amide bonds. The van der Waals surface area contributed by atoms with E-state index in [1.807, 2.05) is 12.1 Å². The van der Waals surface area contributed by atoms with Gasteiger partial charge in [-0.1, -0.05) is 16.4 Å². The zero-order valence-electron chi connectivity index (χ0n) is 12.8. The second-order valence-electron chi connectivity index (χ2n) is 5.33. The molecule has 0 unspecified atom stereocenters. The molecule has 1 N–H and O–H groups in total. The van der Waals surface area contributed by atoms with E-state index in [-0.39, 0.29) is 24.5 Å². The molecule has 0 radical (unpaired) electrons. The third-order valence-electron chi connectivity index (χ3n) is 3.63. The third kappa shape index (κ3) is 4.04. The summed E-state index contributed by atoms with van der Waals surface area (Å²) >= 11 is 0. The van der Waals surface area contributed by atoms with Crippen molar-refractivity contribution in [2.45, 2.75) is 31.9 Å². The second kappa shape index (κ2) is 7.19. The van der Waals surface area contributed by atoms with Gasteiger partial charge in [0.2, 0.25) is 11.8 Å². The fraction of sp³-hybridized carbons (Fsp3) is 0.467. The van der Waals surface area contributed by atoms with Crippen LogP contribution in [0.25, 0.3) is 0 Å². The molecule has 0 bridgehead atoms. The third-order valence-corrected chi connectivity index (χ3v) is 3.63. The van der Waals surface area contributed by atoms with Gasteiger partial charge in [-0.05, 0) is 19.4 Å². The van der Waals surface area contributed by atoms with Gasteiger partial charge < -0.3 is 14.8 Å². The van der Waals surface area contributed by atoms with Crippen LogP contribution in [0.1, 0.15) is 17.8 Å². The van der Waals surface area contributed by atoms with E-state index >= 15 is 0 Å². The Morgan fingerprint density at radius 2 is 2.35 bits per heavy atom. The Hall–Kier alpha value is -2.48. The number of amides is 1. The average Bonchev–Trinajstić information content (AvgIpc) is 2.95. The molecule has 3 rings (SSSR count). The Bertz CT molecular complexity index is 646. The molecule has 23 heavy (non-hydrogen) atoms. The van der Waals surface area contributed by atoms with E-state index in [2.05, 4.69) is 25.2 Å².